The molecule has 1 fully saturated rings. The molecule has 3 rings (SSSR count). The van der Waals surface area contributed by atoms with E-state index in [0.29, 0.717) is 12.5 Å². The molecular weight excluding hydrogens is 236 g/mol. The van der Waals surface area contributed by atoms with Gasteiger partial charge in [0.1, 0.15) is 6.61 Å². The summed E-state index contributed by atoms with van der Waals surface area (Å²) in [4.78, 5) is 4.33. The molecule has 0 spiro atoms. The van der Waals surface area contributed by atoms with E-state index in [0.717, 1.165) is 18.2 Å². The number of nitrogens with zero attached hydrogens (tertiary/aromatic N) is 1. The summed E-state index contributed by atoms with van der Waals surface area (Å²) in [5, 5.41) is 3.47. The number of hydrogen-bond donors (Lipinski definition) is 1. The summed E-state index contributed by atoms with van der Waals surface area (Å²) in [5.41, 5.74) is 2.36. The molecular formula is C16H18N2O. The van der Waals surface area contributed by atoms with E-state index in [1.165, 1.54) is 18.4 Å². The first-order chi connectivity index (χ1) is 9.40. The van der Waals surface area contributed by atoms with Crippen LogP contribution in [-0.2, 0) is 13.2 Å². The molecule has 0 radical (unpaired) electrons. The van der Waals surface area contributed by atoms with Crippen molar-refractivity contribution >= 4 is 0 Å². The van der Waals surface area contributed by atoms with Crippen molar-refractivity contribution in [2.75, 3.05) is 0 Å². The SMILES string of the molecule is c1ccc(COc2ccc(CNC3CC3)cn2)cc1. The van der Waals surface area contributed by atoms with E-state index in [9.17, 15) is 0 Å². The second kappa shape index (κ2) is 5.85. The molecule has 1 aliphatic carbocycles. The van der Waals surface area contributed by atoms with Crippen LogP contribution in [0.2, 0.25) is 0 Å². The molecule has 1 heterocycles. The van der Waals surface area contributed by atoms with Gasteiger partial charge in [-0.1, -0.05) is 36.4 Å². The molecule has 0 aliphatic heterocycles. The molecule has 2 aromatic rings. The molecule has 1 N–H and O–H groups in total. The predicted octanol–water partition coefficient (Wildman–Crippen LogP) is 2.91. The minimum Gasteiger partial charge on any atom is -0.473 e. The largest absolute Gasteiger partial charge is 0.473 e. The Hall–Kier alpha value is -1.87. The number of hydrogen-bond acceptors (Lipinski definition) is 3. The molecule has 0 atom stereocenters. The molecule has 0 amide bonds. The summed E-state index contributed by atoms with van der Waals surface area (Å²) in [6.07, 6.45) is 4.51. The zero-order valence-electron chi connectivity index (χ0n) is 10.9. The first kappa shape index (κ1) is 12.2. The number of rotatable bonds is 6. The summed E-state index contributed by atoms with van der Waals surface area (Å²) in [7, 11) is 0. The molecule has 1 aromatic heterocycles. The highest BCUT2D eigenvalue weighted by Gasteiger charge is 2.19. The lowest BCUT2D eigenvalue weighted by molar-refractivity contribution is 0.293. The van der Waals surface area contributed by atoms with Crippen LogP contribution in [-0.4, -0.2) is 11.0 Å². The van der Waals surface area contributed by atoms with Gasteiger partial charge in [0.25, 0.3) is 0 Å². The topological polar surface area (TPSA) is 34.1 Å². The highest BCUT2D eigenvalue weighted by Crippen LogP contribution is 2.19. The van der Waals surface area contributed by atoms with Crippen molar-refractivity contribution in [3.05, 3.63) is 59.8 Å². The number of ether oxygens (including phenoxy) is 1. The van der Waals surface area contributed by atoms with Gasteiger partial charge in [-0.25, -0.2) is 4.98 Å². The molecule has 3 heteroatoms. The summed E-state index contributed by atoms with van der Waals surface area (Å²) in [6, 6.07) is 14.9. The van der Waals surface area contributed by atoms with Crippen LogP contribution in [0.15, 0.2) is 48.7 Å². The lowest BCUT2D eigenvalue weighted by atomic mass is 10.2. The normalized spacial score (nSPS) is 14.3. The maximum atomic E-state index is 5.65. The molecule has 3 nitrogen and oxygen atoms in total. The Kier molecular flexibility index (Phi) is 3.75. The summed E-state index contributed by atoms with van der Waals surface area (Å²) in [5.74, 6) is 0.680. The third-order valence-corrected chi connectivity index (χ3v) is 3.20. The minimum atomic E-state index is 0.563. The maximum Gasteiger partial charge on any atom is 0.213 e. The number of aromatic nitrogens is 1. The van der Waals surface area contributed by atoms with Crippen molar-refractivity contribution in [3.63, 3.8) is 0 Å². The summed E-state index contributed by atoms with van der Waals surface area (Å²) >= 11 is 0. The van der Waals surface area contributed by atoms with Crippen molar-refractivity contribution in [2.45, 2.75) is 32.0 Å². The van der Waals surface area contributed by atoms with Gasteiger partial charge < -0.3 is 10.1 Å². The Morgan fingerprint density at radius 3 is 2.58 bits per heavy atom. The van der Waals surface area contributed by atoms with Crippen molar-refractivity contribution in [1.82, 2.24) is 10.3 Å². The van der Waals surface area contributed by atoms with Gasteiger partial charge in [0.05, 0.1) is 0 Å². The molecule has 0 saturated heterocycles. The Balaban J connectivity index is 1.50. The van der Waals surface area contributed by atoms with Crippen LogP contribution in [0.5, 0.6) is 5.88 Å². The Labute approximate surface area is 113 Å². The fraction of sp³-hybridized carbons (Fsp3) is 0.312. The smallest absolute Gasteiger partial charge is 0.213 e. The van der Waals surface area contributed by atoms with Crippen molar-refractivity contribution in [2.24, 2.45) is 0 Å². The van der Waals surface area contributed by atoms with Gasteiger partial charge in [0, 0.05) is 24.8 Å². The molecule has 19 heavy (non-hydrogen) atoms. The van der Waals surface area contributed by atoms with E-state index in [2.05, 4.69) is 16.4 Å². The third kappa shape index (κ3) is 3.80. The second-order valence-corrected chi connectivity index (χ2v) is 4.93. The van der Waals surface area contributed by atoms with Crippen molar-refractivity contribution in [1.29, 1.82) is 0 Å². The van der Waals surface area contributed by atoms with E-state index >= 15 is 0 Å². The van der Waals surface area contributed by atoms with Crippen LogP contribution in [0.1, 0.15) is 24.0 Å². The molecule has 1 aliphatic rings. The van der Waals surface area contributed by atoms with Gasteiger partial charge >= 0.3 is 0 Å². The monoisotopic (exact) mass is 254 g/mol. The number of pyridine rings is 1. The van der Waals surface area contributed by atoms with Gasteiger partial charge in [-0.15, -0.1) is 0 Å². The van der Waals surface area contributed by atoms with E-state index < -0.39 is 0 Å². The molecule has 0 bridgehead atoms. The first-order valence-electron chi connectivity index (χ1n) is 6.75. The Morgan fingerprint density at radius 2 is 1.89 bits per heavy atom. The van der Waals surface area contributed by atoms with E-state index in [1.54, 1.807) is 0 Å². The van der Waals surface area contributed by atoms with Crippen LogP contribution in [0.4, 0.5) is 0 Å². The summed E-state index contributed by atoms with van der Waals surface area (Å²) < 4.78 is 5.65. The Bertz CT molecular complexity index is 506. The second-order valence-electron chi connectivity index (χ2n) is 4.93. The van der Waals surface area contributed by atoms with Crippen molar-refractivity contribution < 1.29 is 4.74 Å². The zero-order valence-corrected chi connectivity index (χ0v) is 10.9. The van der Waals surface area contributed by atoms with Gasteiger partial charge in [-0.2, -0.15) is 0 Å². The first-order valence-corrected chi connectivity index (χ1v) is 6.75. The third-order valence-electron chi connectivity index (χ3n) is 3.20. The molecule has 0 unspecified atom stereocenters. The van der Waals surface area contributed by atoms with Crippen LogP contribution in [0.25, 0.3) is 0 Å². The predicted molar refractivity (Wildman–Crippen MR) is 74.9 cm³/mol. The minimum absolute atomic E-state index is 0.563. The van der Waals surface area contributed by atoms with Crippen LogP contribution in [0.3, 0.4) is 0 Å². The Morgan fingerprint density at radius 1 is 1.05 bits per heavy atom. The highest BCUT2D eigenvalue weighted by molar-refractivity contribution is 5.19. The van der Waals surface area contributed by atoms with E-state index in [-0.39, 0.29) is 0 Å². The average molecular weight is 254 g/mol. The molecule has 1 saturated carbocycles. The van der Waals surface area contributed by atoms with Crippen LogP contribution >= 0.6 is 0 Å². The van der Waals surface area contributed by atoms with Gasteiger partial charge in [-0.05, 0) is 24.0 Å². The van der Waals surface area contributed by atoms with Gasteiger partial charge in [-0.3, -0.25) is 0 Å². The van der Waals surface area contributed by atoms with E-state index in [1.807, 2.05) is 42.6 Å². The summed E-state index contributed by atoms with van der Waals surface area (Å²) in [6.45, 7) is 1.46. The number of benzene rings is 1. The average Bonchev–Trinajstić information content (AvgIpc) is 3.29. The molecule has 98 valence electrons. The van der Waals surface area contributed by atoms with Crippen molar-refractivity contribution in [3.8, 4) is 5.88 Å². The molecule has 1 aromatic carbocycles. The highest BCUT2D eigenvalue weighted by atomic mass is 16.5. The fourth-order valence-electron chi connectivity index (χ4n) is 1.88. The van der Waals surface area contributed by atoms with Gasteiger partial charge in [0.2, 0.25) is 5.88 Å². The fourth-order valence-corrected chi connectivity index (χ4v) is 1.88. The lowest BCUT2D eigenvalue weighted by Gasteiger charge is -2.06. The maximum absolute atomic E-state index is 5.65. The zero-order chi connectivity index (χ0) is 12.9. The standard InChI is InChI=1S/C16H18N2O/c1-2-4-13(5-3-1)12-19-16-9-6-14(11-18-16)10-17-15-7-8-15/h1-6,9,11,15,17H,7-8,10,12H2. The van der Waals surface area contributed by atoms with Crippen LogP contribution in [0, 0.1) is 0 Å². The van der Waals surface area contributed by atoms with Crippen LogP contribution < -0.4 is 10.1 Å². The lowest BCUT2D eigenvalue weighted by Crippen LogP contribution is -2.15. The quantitative estimate of drug-likeness (QED) is 0.860. The number of nitrogens with one attached hydrogen (secondary N) is 1. The van der Waals surface area contributed by atoms with Gasteiger partial charge in [0.15, 0.2) is 0 Å². The van der Waals surface area contributed by atoms with E-state index in [4.69, 9.17) is 4.74 Å².